The van der Waals surface area contributed by atoms with Gasteiger partial charge in [0.15, 0.2) is 5.96 Å². The van der Waals surface area contributed by atoms with Crippen LogP contribution in [0.2, 0.25) is 0 Å². The highest BCUT2D eigenvalue weighted by Gasteiger charge is 2.29. The van der Waals surface area contributed by atoms with Crippen molar-refractivity contribution in [3.8, 4) is 0 Å². The molecule has 2 N–H and O–H groups in total. The highest BCUT2D eigenvalue weighted by atomic mass is 19.4. The topological polar surface area (TPSA) is 56.3 Å². The average Bonchev–Trinajstić information content (AvgIpc) is 3.04. The minimum Gasteiger partial charge on any atom is -0.357 e. The van der Waals surface area contributed by atoms with Crippen LogP contribution in [0.4, 0.5) is 13.2 Å². The molecule has 0 saturated carbocycles. The molecular formula is C16H20F3N5. The standard InChI is InChI=1S/C16H20F3N5/c1-3-20-15(21-10-14-8-9-22-23-14)24(2)11-12-4-6-13(7-5-12)16(17,18)19/h4-9H,3,10-11H2,1-2H3,(H,20,21)(H,22,23). The summed E-state index contributed by atoms with van der Waals surface area (Å²) in [5.74, 6) is 0.673. The van der Waals surface area contributed by atoms with Crippen LogP contribution in [-0.4, -0.2) is 34.6 Å². The van der Waals surface area contributed by atoms with Crippen molar-refractivity contribution in [2.45, 2.75) is 26.2 Å². The monoisotopic (exact) mass is 339 g/mol. The van der Waals surface area contributed by atoms with E-state index in [0.29, 0.717) is 25.6 Å². The number of hydrogen-bond donors (Lipinski definition) is 2. The van der Waals surface area contributed by atoms with Crippen molar-refractivity contribution < 1.29 is 13.2 Å². The van der Waals surface area contributed by atoms with Gasteiger partial charge in [0.1, 0.15) is 0 Å². The minimum absolute atomic E-state index is 0.444. The molecule has 0 radical (unpaired) electrons. The van der Waals surface area contributed by atoms with Crippen LogP contribution in [0.5, 0.6) is 0 Å². The first-order valence-corrected chi connectivity index (χ1v) is 7.54. The molecule has 0 aliphatic carbocycles. The summed E-state index contributed by atoms with van der Waals surface area (Å²) in [6.45, 7) is 3.55. The summed E-state index contributed by atoms with van der Waals surface area (Å²) in [5.41, 5.74) is 1.01. The number of halogens is 3. The van der Waals surface area contributed by atoms with Gasteiger partial charge in [0.05, 0.1) is 17.8 Å². The number of benzene rings is 1. The van der Waals surface area contributed by atoms with Gasteiger partial charge in [-0.15, -0.1) is 0 Å². The number of guanidine groups is 1. The van der Waals surface area contributed by atoms with Gasteiger partial charge in [-0.2, -0.15) is 18.3 Å². The summed E-state index contributed by atoms with van der Waals surface area (Å²) in [6, 6.07) is 6.99. The first kappa shape index (κ1) is 17.8. The Morgan fingerprint density at radius 2 is 1.96 bits per heavy atom. The fourth-order valence-electron chi connectivity index (χ4n) is 2.15. The van der Waals surface area contributed by atoms with E-state index in [1.807, 2.05) is 24.9 Å². The van der Waals surface area contributed by atoms with E-state index in [1.54, 1.807) is 6.20 Å². The summed E-state index contributed by atoms with van der Waals surface area (Å²) < 4.78 is 37.8. The van der Waals surface area contributed by atoms with Crippen LogP contribution in [-0.2, 0) is 19.3 Å². The smallest absolute Gasteiger partial charge is 0.357 e. The van der Waals surface area contributed by atoms with Gasteiger partial charge in [-0.05, 0) is 30.7 Å². The highest BCUT2D eigenvalue weighted by Crippen LogP contribution is 2.29. The predicted octanol–water partition coefficient (Wildman–Crippen LogP) is 3.03. The van der Waals surface area contributed by atoms with Gasteiger partial charge in [-0.1, -0.05) is 12.1 Å². The van der Waals surface area contributed by atoms with Crippen molar-refractivity contribution >= 4 is 5.96 Å². The highest BCUT2D eigenvalue weighted by molar-refractivity contribution is 5.79. The Hall–Kier alpha value is -2.51. The third-order valence-electron chi connectivity index (χ3n) is 3.36. The Morgan fingerprint density at radius 3 is 2.50 bits per heavy atom. The Bertz CT molecular complexity index is 647. The summed E-state index contributed by atoms with van der Waals surface area (Å²) in [7, 11) is 1.84. The van der Waals surface area contributed by atoms with Gasteiger partial charge in [-0.25, -0.2) is 4.99 Å². The van der Waals surface area contributed by atoms with E-state index in [1.165, 1.54) is 12.1 Å². The van der Waals surface area contributed by atoms with Crippen LogP contribution in [0, 0.1) is 0 Å². The van der Waals surface area contributed by atoms with Crippen LogP contribution >= 0.6 is 0 Å². The summed E-state index contributed by atoms with van der Waals surface area (Å²) >= 11 is 0. The SMILES string of the molecule is CCNC(=NCc1ccn[nH]1)N(C)Cc1ccc(C(F)(F)F)cc1. The fraction of sp³-hybridized carbons (Fsp3) is 0.375. The Labute approximate surface area is 138 Å². The van der Waals surface area contributed by atoms with Crippen molar-refractivity contribution in [3.05, 3.63) is 53.3 Å². The van der Waals surface area contributed by atoms with Gasteiger partial charge in [0, 0.05) is 26.3 Å². The zero-order valence-corrected chi connectivity index (χ0v) is 13.6. The maximum Gasteiger partial charge on any atom is 0.416 e. The summed E-state index contributed by atoms with van der Waals surface area (Å²) in [5, 5.41) is 9.86. The first-order valence-electron chi connectivity index (χ1n) is 7.54. The molecule has 1 heterocycles. The molecule has 24 heavy (non-hydrogen) atoms. The fourth-order valence-corrected chi connectivity index (χ4v) is 2.15. The van der Waals surface area contributed by atoms with Crippen molar-refractivity contribution in [1.82, 2.24) is 20.4 Å². The zero-order chi connectivity index (χ0) is 17.6. The van der Waals surface area contributed by atoms with Crippen LogP contribution in [0.1, 0.15) is 23.7 Å². The molecule has 2 aromatic rings. The van der Waals surface area contributed by atoms with Crippen molar-refractivity contribution in [2.24, 2.45) is 4.99 Å². The van der Waals surface area contributed by atoms with E-state index in [9.17, 15) is 13.2 Å². The number of aromatic nitrogens is 2. The lowest BCUT2D eigenvalue weighted by Gasteiger charge is -2.22. The van der Waals surface area contributed by atoms with E-state index in [2.05, 4.69) is 20.5 Å². The summed E-state index contributed by atoms with van der Waals surface area (Å²) in [4.78, 5) is 6.35. The van der Waals surface area contributed by atoms with Crippen molar-refractivity contribution in [3.63, 3.8) is 0 Å². The van der Waals surface area contributed by atoms with Gasteiger partial charge >= 0.3 is 6.18 Å². The molecule has 0 unspecified atom stereocenters. The molecule has 0 aliphatic heterocycles. The second-order valence-electron chi connectivity index (χ2n) is 5.30. The molecule has 0 aliphatic rings. The number of rotatable bonds is 5. The minimum atomic E-state index is -4.31. The number of nitrogens with zero attached hydrogens (tertiary/aromatic N) is 3. The third kappa shape index (κ3) is 5.00. The Morgan fingerprint density at radius 1 is 1.25 bits per heavy atom. The molecule has 0 bridgehead atoms. The second-order valence-corrected chi connectivity index (χ2v) is 5.30. The molecule has 0 fully saturated rings. The van der Waals surface area contributed by atoms with Gasteiger partial charge in [-0.3, -0.25) is 5.10 Å². The van der Waals surface area contributed by atoms with E-state index in [-0.39, 0.29) is 0 Å². The molecule has 0 atom stereocenters. The molecule has 1 aromatic heterocycles. The van der Waals surface area contributed by atoms with E-state index < -0.39 is 11.7 Å². The maximum absolute atomic E-state index is 12.6. The number of H-pyrrole nitrogens is 1. The van der Waals surface area contributed by atoms with Gasteiger partial charge < -0.3 is 10.2 Å². The van der Waals surface area contributed by atoms with Crippen molar-refractivity contribution in [1.29, 1.82) is 0 Å². The molecule has 0 saturated heterocycles. The number of nitrogens with one attached hydrogen (secondary N) is 2. The molecule has 0 amide bonds. The molecule has 0 spiro atoms. The Kier molecular flexibility index (Phi) is 5.83. The average molecular weight is 339 g/mol. The van der Waals surface area contributed by atoms with Gasteiger partial charge in [0.25, 0.3) is 0 Å². The normalized spacial score (nSPS) is 12.3. The molecule has 1 aromatic carbocycles. The van der Waals surface area contributed by atoms with Crippen molar-refractivity contribution in [2.75, 3.05) is 13.6 Å². The summed E-state index contributed by atoms with van der Waals surface area (Å²) in [6.07, 6.45) is -2.66. The maximum atomic E-state index is 12.6. The Balaban J connectivity index is 2.04. The van der Waals surface area contributed by atoms with Gasteiger partial charge in [0.2, 0.25) is 0 Å². The molecule has 2 rings (SSSR count). The molecule has 130 valence electrons. The largest absolute Gasteiger partial charge is 0.416 e. The first-order chi connectivity index (χ1) is 11.4. The number of alkyl halides is 3. The van der Waals surface area contributed by atoms with Crippen LogP contribution in [0.15, 0.2) is 41.5 Å². The molecule has 5 nitrogen and oxygen atoms in total. The second kappa shape index (κ2) is 7.85. The predicted molar refractivity (Wildman–Crippen MR) is 86.3 cm³/mol. The number of hydrogen-bond acceptors (Lipinski definition) is 2. The number of aliphatic imine (C=N–C) groups is 1. The number of aromatic amines is 1. The van der Waals surface area contributed by atoms with E-state index in [0.717, 1.165) is 23.4 Å². The van der Waals surface area contributed by atoms with Crippen LogP contribution in [0.25, 0.3) is 0 Å². The van der Waals surface area contributed by atoms with Crippen LogP contribution < -0.4 is 5.32 Å². The molecule has 8 heteroatoms. The quantitative estimate of drug-likeness (QED) is 0.650. The lowest BCUT2D eigenvalue weighted by atomic mass is 10.1. The van der Waals surface area contributed by atoms with Crippen LogP contribution in [0.3, 0.4) is 0 Å². The van der Waals surface area contributed by atoms with E-state index in [4.69, 9.17) is 0 Å². The molecular weight excluding hydrogens is 319 g/mol. The zero-order valence-electron chi connectivity index (χ0n) is 13.6. The lowest BCUT2D eigenvalue weighted by molar-refractivity contribution is -0.137. The third-order valence-corrected chi connectivity index (χ3v) is 3.36. The lowest BCUT2D eigenvalue weighted by Crippen LogP contribution is -2.38. The van der Waals surface area contributed by atoms with E-state index >= 15 is 0 Å².